The van der Waals surface area contributed by atoms with Crippen LogP contribution in [0, 0.1) is 0 Å². The molecule has 32 heavy (non-hydrogen) atoms. The minimum Gasteiger partial charge on any atom is -0.493 e. The van der Waals surface area contributed by atoms with Gasteiger partial charge in [0.1, 0.15) is 17.4 Å². The molecule has 0 saturated heterocycles. The Hall–Kier alpha value is -4.39. The van der Waals surface area contributed by atoms with Crippen molar-refractivity contribution in [2.24, 2.45) is 0 Å². The summed E-state index contributed by atoms with van der Waals surface area (Å²) in [4.78, 5) is 24.8. The maximum absolute atomic E-state index is 12.6. The summed E-state index contributed by atoms with van der Waals surface area (Å²) in [6.07, 6.45) is 1.52. The zero-order valence-electron chi connectivity index (χ0n) is 17.5. The number of aromatic amines is 1. The Bertz CT molecular complexity index is 1430. The molecule has 7 heteroatoms. The van der Waals surface area contributed by atoms with Crippen molar-refractivity contribution in [2.75, 3.05) is 19.5 Å². The molecular formula is C25H20N4O3. The Labute approximate surface area is 184 Å². The number of carbonyl (C=O) groups excluding carboxylic acids is 1. The molecule has 0 aliphatic carbocycles. The molecule has 0 amide bonds. The van der Waals surface area contributed by atoms with E-state index in [9.17, 15) is 4.79 Å². The molecule has 158 valence electrons. The number of carbonyl (C=O) groups is 1. The number of benzene rings is 3. The lowest BCUT2D eigenvalue weighted by Gasteiger charge is -2.07. The highest BCUT2D eigenvalue weighted by atomic mass is 16.5. The van der Waals surface area contributed by atoms with E-state index in [4.69, 9.17) is 9.47 Å². The number of methoxy groups -OCH3 is 2. The van der Waals surface area contributed by atoms with Crippen molar-refractivity contribution in [1.29, 1.82) is 0 Å². The Morgan fingerprint density at radius 2 is 1.56 bits per heavy atom. The fourth-order valence-electron chi connectivity index (χ4n) is 3.71. The van der Waals surface area contributed by atoms with E-state index in [1.165, 1.54) is 6.33 Å². The molecule has 5 rings (SSSR count). The van der Waals surface area contributed by atoms with Crippen LogP contribution >= 0.6 is 0 Å². The summed E-state index contributed by atoms with van der Waals surface area (Å²) >= 11 is 0. The average Bonchev–Trinajstić information content (AvgIpc) is 3.22. The molecule has 2 N–H and O–H groups in total. The van der Waals surface area contributed by atoms with Gasteiger partial charge in [0.15, 0.2) is 23.1 Å². The molecule has 2 heterocycles. The molecule has 5 aromatic rings. The summed E-state index contributed by atoms with van der Waals surface area (Å²) in [5.41, 5.74) is 4.50. The average molecular weight is 424 g/mol. The van der Waals surface area contributed by atoms with Crippen molar-refractivity contribution in [2.45, 2.75) is 0 Å². The van der Waals surface area contributed by atoms with Gasteiger partial charge in [-0.25, -0.2) is 9.97 Å². The predicted molar refractivity (Wildman–Crippen MR) is 124 cm³/mol. The van der Waals surface area contributed by atoms with Crippen molar-refractivity contribution >= 4 is 39.2 Å². The smallest absolute Gasteiger partial charge is 0.193 e. The van der Waals surface area contributed by atoms with E-state index >= 15 is 0 Å². The van der Waals surface area contributed by atoms with Gasteiger partial charge in [-0.3, -0.25) is 4.79 Å². The van der Waals surface area contributed by atoms with Crippen LogP contribution in [0.2, 0.25) is 0 Å². The number of ether oxygens (including phenoxy) is 2. The van der Waals surface area contributed by atoms with Crippen LogP contribution in [-0.2, 0) is 0 Å². The second kappa shape index (κ2) is 8.03. The van der Waals surface area contributed by atoms with Crippen LogP contribution in [0.15, 0.2) is 73.1 Å². The van der Waals surface area contributed by atoms with Crippen molar-refractivity contribution in [3.63, 3.8) is 0 Å². The highest BCUT2D eigenvalue weighted by molar-refractivity contribution is 6.10. The maximum atomic E-state index is 12.6. The second-order valence-corrected chi connectivity index (χ2v) is 7.22. The van der Waals surface area contributed by atoms with Crippen LogP contribution in [0.25, 0.3) is 21.9 Å². The van der Waals surface area contributed by atoms with Gasteiger partial charge in [-0.2, -0.15) is 0 Å². The summed E-state index contributed by atoms with van der Waals surface area (Å²) in [5.74, 6) is 1.88. The first-order valence-corrected chi connectivity index (χ1v) is 10.0. The second-order valence-electron chi connectivity index (χ2n) is 7.22. The molecule has 0 spiro atoms. The molecule has 0 bridgehead atoms. The van der Waals surface area contributed by atoms with E-state index < -0.39 is 0 Å². The fourth-order valence-corrected chi connectivity index (χ4v) is 3.71. The first-order chi connectivity index (χ1) is 15.7. The fraction of sp³-hybridized carbons (Fsp3) is 0.0800. The molecule has 0 fully saturated rings. The molecule has 0 aliphatic heterocycles. The number of nitrogens with zero attached hydrogens (tertiary/aromatic N) is 2. The molecule has 0 aliphatic rings. The van der Waals surface area contributed by atoms with Crippen LogP contribution in [0.1, 0.15) is 15.9 Å². The largest absolute Gasteiger partial charge is 0.493 e. The zero-order chi connectivity index (χ0) is 22.1. The normalized spacial score (nSPS) is 10.9. The van der Waals surface area contributed by atoms with Gasteiger partial charge in [0.25, 0.3) is 0 Å². The molecule has 0 saturated carbocycles. The number of nitrogens with one attached hydrogen (secondary N) is 2. The van der Waals surface area contributed by atoms with Gasteiger partial charge in [0.2, 0.25) is 0 Å². The number of rotatable bonds is 6. The SMILES string of the molecule is COc1cc2[nH]c3c(Nc4ccc(C(=O)c5ccccc5)cc4)ncnc3c2cc1OC. The van der Waals surface area contributed by atoms with E-state index in [0.29, 0.717) is 28.4 Å². The van der Waals surface area contributed by atoms with E-state index in [1.807, 2.05) is 54.6 Å². The summed E-state index contributed by atoms with van der Waals surface area (Å²) in [5, 5.41) is 4.22. The maximum Gasteiger partial charge on any atom is 0.193 e. The number of H-pyrrole nitrogens is 1. The quantitative estimate of drug-likeness (QED) is 0.369. The predicted octanol–water partition coefficient (Wildman–Crippen LogP) is 5.10. The first kappa shape index (κ1) is 19.6. The molecule has 7 nitrogen and oxygen atoms in total. The van der Waals surface area contributed by atoms with Crippen LogP contribution < -0.4 is 14.8 Å². The van der Waals surface area contributed by atoms with Crippen molar-refractivity contribution in [3.8, 4) is 11.5 Å². The molecule has 0 unspecified atom stereocenters. The highest BCUT2D eigenvalue weighted by Gasteiger charge is 2.15. The number of aromatic nitrogens is 3. The molecule has 0 radical (unpaired) electrons. The molecule has 2 aromatic heterocycles. The third-order valence-corrected chi connectivity index (χ3v) is 5.33. The summed E-state index contributed by atoms with van der Waals surface area (Å²) in [6.45, 7) is 0. The standard InChI is InChI=1S/C25H20N4O3/c1-31-20-12-18-19(13-21(20)32-2)29-23-22(18)26-14-27-25(23)28-17-10-8-16(9-11-17)24(30)15-6-4-3-5-7-15/h3-14,29H,1-2H3,(H,26,27,28). The monoisotopic (exact) mass is 424 g/mol. The van der Waals surface area contributed by atoms with Gasteiger partial charge in [0.05, 0.1) is 19.7 Å². The van der Waals surface area contributed by atoms with Gasteiger partial charge in [-0.1, -0.05) is 30.3 Å². The number of hydrogen-bond acceptors (Lipinski definition) is 6. The third kappa shape index (κ3) is 3.39. The van der Waals surface area contributed by atoms with Gasteiger partial charge >= 0.3 is 0 Å². The van der Waals surface area contributed by atoms with Crippen molar-refractivity contribution in [3.05, 3.63) is 84.2 Å². The van der Waals surface area contributed by atoms with Gasteiger partial charge in [0, 0.05) is 28.3 Å². The number of fused-ring (bicyclic) bond motifs is 3. The molecule has 3 aromatic carbocycles. The van der Waals surface area contributed by atoms with E-state index in [0.717, 1.165) is 27.6 Å². The summed E-state index contributed by atoms with van der Waals surface area (Å²) in [6, 6.07) is 20.3. The minimum atomic E-state index is -0.0138. The molecular weight excluding hydrogens is 404 g/mol. The Kier molecular flexibility index (Phi) is 4.91. The Morgan fingerprint density at radius 1 is 0.875 bits per heavy atom. The number of anilines is 2. The number of hydrogen-bond donors (Lipinski definition) is 2. The van der Waals surface area contributed by atoms with Crippen LogP contribution in [-0.4, -0.2) is 35.0 Å². The lowest BCUT2D eigenvalue weighted by Crippen LogP contribution is -2.01. The van der Waals surface area contributed by atoms with E-state index in [-0.39, 0.29) is 5.78 Å². The van der Waals surface area contributed by atoms with E-state index in [1.54, 1.807) is 26.4 Å². The Morgan fingerprint density at radius 3 is 2.28 bits per heavy atom. The minimum absolute atomic E-state index is 0.0138. The highest BCUT2D eigenvalue weighted by Crippen LogP contribution is 2.36. The Balaban J connectivity index is 1.48. The lowest BCUT2D eigenvalue weighted by molar-refractivity contribution is 0.103. The van der Waals surface area contributed by atoms with Gasteiger partial charge in [-0.05, 0) is 30.3 Å². The summed E-state index contributed by atoms with van der Waals surface area (Å²) in [7, 11) is 3.21. The van der Waals surface area contributed by atoms with Crippen LogP contribution in [0.4, 0.5) is 11.5 Å². The topological polar surface area (TPSA) is 89.1 Å². The first-order valence-electron chi connectivity index (χ1n) is 10.0. The number of ketones is 1. The lowest BCUT2D eigenvalue weighted by atomic mass is 10.0. The summed E-state index contributed by atoms with van der Waals surface area (Å²) < 4.78 is 10.8. The van der Waals surface area contributed by atoms with Gasteiger partial charge in [-0.15, -0.1) is 0 Å². The van der Waals surface area contributed by atoms with Crippen LogP contribution in [0.5, 0.6) is 11.5 Å². The van der Waals surface area contributed by atoms with Crippen molar-refractivity contribution in [1.82, 2.24) is 15.0 Å². The van der Waals surface area contributed by atoms with E-state index in [2.05, 4.69) is 20.3 Å². The van der Waals surface area contributed by atoms with Crippen molar-refractivity contribution < 1.29 is 14.3 Å². The van der Waals surface area contributed by atoms with Crippen LogP contribution in [0.3, 0.4) is 0 Å². The van der Waals surface area contributed by atoms with Gasteiger partial charge < -0.3 is 19.8 Å². The molecule has 0 atom stereocenters. The third-order valence-electron chi connectivity index (χ3n) is 5.33. The zero-order valence-corrected chi connectivity index (χ0v) is 17.5.